The maximum atomic E-state index is 14.2. The van der Waals surface area contributed by atoms with E-state index in [4.69, 9.17) is 10.5 Å². The van der Waals surface area contributed by atoms with Gasteiger partial charge in [0, 0.05) is 17.3 Å². The molecule has 4 heteroatoms. The number of hydrogen-bond donors (Lipinski definition) is 2. The smallest absolute Gasteiger partial charge is 0.165 e. The van der Waals surface area contributed by atoms with Crippen LogP contribution in [0.1, 0.15) is 24.8 Å². The van der Waals surface area contributed by atoms with Gasteiger partial charge >= 0.3 is 0 Å². The van der Waals surface area contributed by atoms with Gasteiger partial charge in [-0.25, -0.2) is 4.39 Å². The number of nitrogen functional groups attached to an aromatic ring is 1. The van der Waals surface area contributed by atoms with Crippen LogP contribution in [-0.4, -0.2) is 19.2 Å². The minimum absolute atomic E-state index is 0.314. The van der Waals surface area contributed by atoms with Gasteiger partial charge in [0.25, 0.3) is 0 Å². The van der Waals surface area contributed by atoms with Crippen molar-refractivity contribution in [3.63, 3.8) is 0 Å². The summed E-state index contributed by atoms with van der Waals surface area (Å²) in [6, 6.07) is 11.3. The van der Waals surface area contributed by atoms with Crippen molar-refractivity contribution in [2.75, 3.05) is 18.9 Å². The number of nitrogens with one attached hydrogen (secondary N) is 1. The monoisotopic (exact) mass is 314 g/mol. The predicted octanol–water partition coefficient (Wildman–Crippen LogP) is 3.90. The highest BCUT2D eigenvalue weighted by molar-refractivity contribution is 5.74. The highest BCUT2D eigenvalue weighted by Gasteiger charge is 2.16. The zero-order chi connectivity index (χ0) is 16.2. The summed E-state index contributed by atoms with van der Waals surface area (Å²) >= 11 is 0. The molecule has 0 spiro atoms. The van der Waals surface area contributed by atoms with Crippen molar-refractivity contribution in [1.82, 2.24) is 5.32 Å². The fourth-order valence-electron chi connectivity index (χ4n) is 3.00. The summed E-state index contributed by atoms with van der Waals surface area (Å²) in [6.45, 7) is 3.53. The average molecular weight is 314 g/mol. The molecule has 1 aliphatic rings. The van der Waals surface area contributed by atoms with Crippen molar-refractivity contribution in [3.05, 3.63) is 47.8 Å². The van der Waals surface area contributed by atoms with Crippen LogP contribution in [0.3, 0.4) is 0 Å². The van der Waals surface area contributed by atoms with E-state index in [1.54, 1.807) is 6.07 Å². The first-order valence-corrected chi connectivity index (χ1v) is 8.16. The molecule has 3 N–H and O–H groups in total. The number of ether oxygens (including phenoxy) is 1. The van der Waals surface area contributed by atoms with Crippen LogP contribution in [0.4, 0.5) is 10.1 Å². The van der Waals surface area contributed by atoms with Crippen molar-refractivity contribution < 1.29 is 9.13 Å². The minimum atomic E-state index is -0.332. The molecule has 122 valence electrons. The number of para-hydroxylation sites is 1. The Bertz CT molecular complexity index is 681. The lowest BCUT2D eigenvalue weighted by atomic mass is 10.0. The van der Waals surface area contributed by atoms with Crippen LogP contribution in [0, 0.1) is 12.7 Å². The normalized spacial score (nSPS) is 17.4. The number of hydrogen-bond acceptors (Lipinski definition) is 3. The van der Waals surface area contributed by atoms with Gasteiger partial charge < -0.3 is 15.8 Å². The largest absolute Gasteiger partial charge is 0.490 e. The molecule has 0 radical (unpaired) electrons. The van der Waals surface area contributed by atoms with Gasteiger partial charge in [0.15, 0.2) is 11.6 Å². The van der Waals surface area contributed by atoms with Crippen LogP contribution in [0.2, 0.25) is 0 Å². The zero-order valence-corrected chi connectivity index (χ0v) is 13.4. The molecule has 1 atom stereocenters. The zero-order valence-electron chi connectivity index (χ0n) is 13.4. The summed E-state index contributed by atoms with van der Waals surface area (Å²) in [4.78, 5) is 0. The molecule has 2 aromatic rings. The van der Waals surface area contributed by atoms with Crippen molar-refractivity contribution in [3.8, 4) is 16.9 Å². The first-order chi connectivity index (χ1) is 11.1. The number of halogens is 1. The first-order valence-electron chi connectivity index (χ1n) is 8.16. The van der Waals surface area contributed by atoms with Gasteiger partial charge in [0.05, 0.1) is 6.61 Å². The Labute approximate surface area is 136 Å². The minimum Gasteiger partial charge on any atom is -0.490 e. The average Bonchev–Trinajstić information content (AvgIpc) is 3.05. The molecule has 1 unspecified atom stereocenters. The van der Waals surface area contributed by atoms with Gasteiger partial charge in [0.1, 0.15) is 0 Å². The number of anilines is 1. The molecule has 0 amide bonds. The van der Waals surface area contributed by atoms with Crippen molar-refractivity contribution >= 4 is 5.69 Å². The molecule has 23 heavy (non-hydrogen) atoms. The third kappa shape index (κ3) is 3.64. The van der Waals surface area contributed by atoms with E-state index in [9.17, 15) is 4.39 Å². The first kappa shape index (κ1) is 15.8. The topological polar surface area (TPSA) is 47.3 Å². The SMILES string of the molecule is Cc1ccc(-c2cccc(F)c2OCCC2CCCN2)cc1N. The molecular weight excluding hydrogens is 291 g/mol. The van der Waals surface area contributed by atoms with E-state index in [0.29, 0.717) is 24.1 Å². The van der Waals surface area contributed by atoms with Crippen LogP contribution in [0.15, 0.2) is 36.4 Å². The molecule has 1 aliphatic heterocycles. The summed E-state index contributed by atoms with van der Waals surface area (Å²) in [5.41, 5.74) is 9.32. The van der Waals surface area contributed by atoms with Gasteiger partial charge in [-0.2, -0.15) is 0 Å². The molecule has 1 heterocycles. The molecule has 0 aromatic heterocycles. The summed E-state index contributed by atoms with van der Waals surface area (Å²) < 4.78 is 20.0. The summed E-state index contributed by atoms with van der Waals surface area (Å²) in [5.74, 6) is -0.0187. The van der Waals surface area contributed by atoms with Gasteiger partial charge in [-0.1, -0.05) is 24.3 Å². The highest BCUT2D eigenvalue weighted by atomic mass is 19.1. The lowest BCUT2D eigenvalue weighted by Crippen LogP contribution is -2.23. The van der Waals surface area contributed by atoms with Gasteiger partial charge in [-0.05, 0) is 56.0 Å². The quantitative estimate of drug-likeness (QED) is 0.823. The van der Waals surface area contributed by atoms with Crippen LogP contribution < -0.4 is 15.8 Å². The number of rotatable bonds is 5. The van der Waals surface area contributed by atoms with E-state index in [1.165, 1.54) is 18.9 Å². The summed E-state index contributed by atoms with van der Waals surface area (Å²) in [5, 5.41) is 3.43. The van der Waals surface area contributed by atoms with E-state index >= 15 is 0 Å². The van der Waals surface area contributed by atoms with E-state index in [1.807, 2.05) is 31.2 Å². The Morgan fingerprint density at radius 2 is 2.17 bits per heavy atom. The molecule has 3 nitrogen and oxygen atoms in total. The predicted molar refractivity (Wildman–Crippen MR) is 92.1 cm³/mol. The molecule has 1 saturated heterocycles. The van der Waals surface area contributed by atoms with E-state index in [-0.39, 0.29) is 5.82 Å². The highest BCUT2D eigenvalue weighted by Crippen LogP contribution is 2.34. The molecule has 0 aliphatic carbocycles. The summed E-state index contributed by atoms with van der Waals surface area (Å²) in [6.07, 6.45) is 3.27. The Morgan fingerprint density at radius 1 is 1.30 bits per heavy atom. The van der Waals surface area contributed by atoms with Gasteiger partial charge in [-0.15, -0.1) is 0 Å². The Hall–Kier alpha value is -2.07. The third-order valence-electron chi connectivity index (χ3n) is 4.43. The van der Waals surface area contributed by atoms with Crippen molar-refractivity contribution in [2.45, 2.75) is 32.2 Å². The van der Waals surface area contributed by atoms with Gasteiger partial charge in [0.2, 0.25) is 0 Å². The Balaban J connectivity index is 1.79. The van der Waals surface area contributed by atoms with Crippen LogP contribution >= 0.6 is 0 Å². The Morgan fingerprint density at radius 3 is 2.91 bits per heavy atom. The summed E-state index contributed by atoms with van der Waals surface area (Å²) in [7, 11) is 0. The fourth-order valence-corrected chi connectivity index (χ4v) is 3.00. The molecule has 0 saturated carbocycles. The van der Waals surface area contributed by atoms with Crippen LogP contribution in [-0.2, 0) is 0 Å². The number of benzene rings is 2. The van der Waals surface area contributed by atoms with Gasteiger partial charge in [-0.3, -0.25) is 0 Å². The van der Waals surface area contributed by atoms with Crippen molar-refractivity contribution in [2.24, 2.45) is 0 Å². The second kappa shape index (κ2) is 7.01. The van der Waals surface area contributed by atoms with E-state index in [0.717, 1.165) is 29.7 Å². The van der Waals surface area contributed by atoms with Crippen LogP contribution in [0.25, 0.3) is 11.1 Å². The fraction of sp³-hybridized carbons (Fsp3) is 0.368. The molecule has 3 rings (SSSR count). The lowest BCUT2D eigenvalue weighted by Gasteiger charge is -2.15. The number of aryl methyl sites for hydroxylation is 1. The molecular formula is C19H23FN2O. The lowest BCUT2D eigenvalue weighted by molar-refractivity contribution is 0.280. The number of nitrogens with two attached hydrogens (primary N) is 1. The Kier molecular flexibility index (Phi) is 4.82. The molecule has 1 fully saturated rings. The second-order valence-electron chi connectivity index (χ2n) is 6.12. The molecule has 2 aromatic carbocycles. The van der Waals surface area contributed by atoms with Crippen molar-refractivity contribution in [1.29, 1.82) is 0 Å². The van der Waals surface area contributed by atoms with Crippen LogP contribution in [0.5, 0.6) is 5.75 Å². The van der Waals surface area contributed by atoms with E-state index < -0.39 is 0 Å². The maximum absolute atomic E-state index is 14.2. The second-order valence-corrected chi connectivity index (χ2v) is 6.12. The maximum Gasteiger partial charge on any atom is 0.165 e. The molecule has 0 bridgehead atoms. The third-order valence-corrected chi connectivity index (χ3v) is 4.43. The van der Waals surface area contributed by atoms with E-state index in [2.05, 4.69) is 5.32 Å². The standard InChI is InChI=1S/C19H23FN2O/c1-13-7-8-14(12-18(13)21)16-5-2-6-17(20)19(16)23-11-9-15-4-3-10-22-15/h2,5-8,12,15,22H,3-4,9-11,21H2,1H3.